The van der Waals surface area contributed by atoms with Crippen molar-refractivity contribution in [1.82, 2.24) is 0 Å². The molecule has 0 amide bonds. The molecule has 0 bridgehead atoms. The van der Waals surface area contributed by atoms with Crippen LogP contribution >= 0.6 is 0 Å². The quantitative estimate of drug-likeness (QED) is 0.627. The molecule has 0 saturated carbocycles. The molecule has 4 heteroatoms. The highest BCUT2D eigenvalue weighted by Crippen LogP contribution is 2.23. The van der Waals surface area contributed by atoms with Crippen molar-refractivity contribution in [3.05, 3.63) is 42.0 Å². The highest BCUT2D eigenvalue weighted by molar-refractivity contribution is 5.80. The molecule has 0 aliphatic carbocycles. The molecule has 0 aliphatic rings. The van der Waals surface area contributed by atoms with Crippen molar-refractivity contribution in [2.45, 2.75) is 0 Å². The molecule has 0 atom stereocenters. The van der Waals surface area contributed by atoms with Crippen LogP contribution in [0, 0.1) is 0 Å². The molecule has 0 spiro atoms. The monoisotopic (exact) mass is 234 g/mol. The van der Waals surface area contributed by atoms with Gasteiger partial charge in [0.15, 0.2) is 0 Å². The first-order valence-electron chi connectivity index (χ1n) is 4.96. The topological polar surface area (TPSA) is 55.8 Å². The van der Waals surface area contributed by atoms with Gasteiger partial charge in [-0.15, -0.1) is 0 Å². The van der Waals surface area contributed by atoms with Gasteiger partial charge in [0.05, 0.1) is 14.2 Å². The molecular formula is C13H14O4. The molecule has 0 radical (unpaired) electrons. The minimum absolute atomic E-state index is 0.686. The first-order chi connectivity index (χ1) is 8.15. The molecule has 4 nitrogen and oxygen atoms in total. The normalized spacial score (nSPS) is 10.9. The van der Waals surface area contributed by atoms with Crippen molar-refractivity contribution >= 4 is 12.0 Å². The van der Waals surface area contributed by atoms with Crippen molar-refractivity contribution < 1.29 is 19.4 Å². The van der Waals surface area contributed by atoms with E-state index in [1.165, 1.54) is 6.08 Å². The predicted octanol–water partition coefficient (Wildman–Crippen LogP) is 2.36. The van der Waals surface area contributed by atoms with Gasteiger partial charge in [-0.3, -0.25) is 0 Å². The Morgan fingerprint density at radius 2 is 1.71 bits per heavy atom. The number of hydrogen-bond acceptors (Lipinski definition) is 3. The molecule has 1 rings (SSSR count). The summed E-state index contributed by atoms with van der Waals surface area (Å²) in [5, 5.41) is 8.41. The Bertz CT molecular complexity index is 424. The van der Waals surface area contributed by atoms with Gasteiger partial charge in [-0.1, -0.05) is 18.2 Å². The second kappa shape index (κ2) is 6.37. The highest BCUT2D eigenvalue weighted by atomic mass is 16.5. The van der Waals surface area contributed by atoms with Gasteiger partial charge in [0, 0.05) is 12.1 Å². The molecule has 1 aromatic rings. The van der Waals surface area contributed by atoms with Crippen molar-refractivity contribution in [2.24, 2.45) is 0 Å². The number of hydrogen-bond donors (Lipinski definition) is 1. The van der Waals surface area contributed by atoms with Gasteiger partial charge in [0.1, 0.15) is 11.5 Å². The molecule has 0 fully saturated rings. The second-order valence-corrected chi connectivity index (χ2v) is 3.20. The molecule has 0 unspecified atom stereocenters. The molecule has 0 aromatic heterocycles. The third kappa shape index (κ3) is 4.42. The van der Waals surface area contributed by atoms with Crippen molar-refractivity contribution in [2.75, 3.05) is 14.2 Å². The maximum atomic E-state index is 10.3. The van der Waals surface area contributed by atoms with Crippen LogP contribution in [0.4, 0.5) is 0 Å². The van der Waals surface area contributed by atoms with E-state index >= 15 is 0 Å². The van der Waals surface area contributed by atoms with Crippen LogP contribution < -0.4 is 9.47 Å². The summed E-state index contributed by atoms with van der Waals surface area (Å²) in [5.74, 6) is 0.398. The van der Waals surface area contributed by atoms with Crippen molar-refractivity contribution in [3.8, 4) is 11.5 Å². The summed E-state index contributed by atoms with van der Waals surface area (Å²) in [5.41, 5.74) is 0.872. The zero-order chi connectivity index (χ0) is 12.7. The molecule has 1 aromatic carbocycles. The van der Waals surface area contributed by atoms with Crippen LogP contribution in [0.15, 0.2) is 36.4 Å². The Morgan fingerprint density at radius 3 is 2.18 bits per heavy atom. The van der Waals surface area contributed by atoms with Crippen molar-refractivity contribution in [1.29, 1.82) is 0 Å². The van der Waals surface area contributed by atoms with Gasteiger partial charge in [0.2, 0.25) is 0 Å². The van der Waals surface area contributed by atoms with Crippen LogP contribution in [0.25, 0.3) is 6.08 Å². The third-order valence-electron chi connectivity index (χ3n) is 2.01. The Balaban J connectivity index is 2.86. The minimum atomic E-state index is -0.974. The van der Waals surface area contributed by atoms with E-state index in [1.54, 1.807) is 32.4 Å². The second-order valence-electron chi connectivity index (χ2n) is 3.20. The zero-order valence-corrected chi connectivity index (χ0v) is 9.71. The van der Waals surface area contributed by atoms with E-state index in [0.717, 1.165) is 11.6 Å². The number of rotatable bonds is 5. The number of carbonyl (C=O) groups is 1. The van der Waals surface area contributed by atoms with Crippen LogP contribution in [0.2, 0.25) is 0 Å². The maximum absolute atomic E-state index is 10.3. The lowest BCUT2D eigenvalue weighted by atomic mass is 10.2. The van der Waals surface area contributed by atoms with Gasteiger partial charge in [0.25, 0.3) is 0 Å². The van der Waals surface area contributed by atoms with E-state index in [4.69, 9.17) is 14.6 Å². The smallest absolute Gasteiger partial charge is 0.328 e. The summed E-state index contributed by atoms with van der Waals surface area (Å²) in [4.78, 5) is 10.3. The first-order valence-corrected chi connectivity index (χ1v) is 4.96. The summed E-state index contributed by atoms with van der Waals surface area (Å²) in [6.07, 6.45) is 5.93. The number of ether oxygens (including phenoxy) is 2. The van der Waals surface area contributed by atoms with E-state index in [1.807, 2.05) is 12.1 Å². The van der Waals surface area contributed by atoms with Gasteiger partial charge < -0.3 is 14.6 Å². The third-order valence-corrected chi connectivity index (χ3v) is 2.01. The number of carboxylic acids is 1. The number of aliphatic carboxylic acids is 1. The van der Waals surface area contributed by atoms with Crippen molar-refractivity contribution in [3.63, 3.8) is 0 Å². The SMILES string of the molecule is COc1cc(C=CC=CC(=O)O)cc(OC)c1. The summed E-state index contributed by atoms with van der Waals surface area (Å²) in [6.45, 7) is 0. The van der Waals surface area contributed by atoms with E-state index < -0.39 is 5.97 Å². The Hall–Kier alpha value is -2.23. The van der Waals surface area contributed by atoms with Crippen LogP contribution in [0.5, 0.6) is 11.5 Å². The van der Waals surface area contributed by atoms with E-state index in [-0.39, 0.29) is 0 Å². The fourth-order valence-corrected chi connectivity index (χ4v) is 1.23. The standard InChI is InChI=1S/C13H14O4/c1-16-11-7-10(8-12(9-11)17-2)5-3-4-6-13(14)15/h3-9H,1-2H3,(H,14,15). The first kappa shape index (κ1) is 12.8. The lowest BCUT2D eigenvalue weighted by Crippen LogP contribution is -1.88. The van der Waals surface area contributed by atoms with Gasteiger partial charge in [-0.2, -0.15) is 0 Å². The van der Waals surface area contributed by atoms with E-state index in [0.29, 0.717) is 11.5 Å². The molecule has 17 heavy (non-hydrogen) atoms. The molecule has 0 aliphatic heterocycles. The molecule has 1 N–H and O–H groups in total. The van der Waals surface area contributed by atoms with Crippen LogP contribution in [-0.2, 0) is 4.79 Å². The fraction of sp³-hybridized carbons (Fsp3) is 0.154. The van der Waals surface area contributed by atoms with Crippen LogP contribution in [-0.4, -0.2) is 25.3 Å². The maximum Gasteiger partial charge on any atom is 0.328 e. The zero-order valence-electron chi connectivity index (χ0n) is 9.71. The van der Waals surface area contributed by atoms with Gasteiger partial charge in [-0.05, 0) is 17.7 Å². The Kier molecular flexibility index (Phi) is 4.81. The minimum Gasteiger partial charge on any atom is -0.497 e. The molecule has 0 heterocycles. The Morgan fingerprint density at radius 1 is 1.12 bits per heavy atom. The number of methoxy groups -OCH3 is 2. The molecular weight excluding hydrogens is 220 g/mol. The number of benzene rings is 1. The summed E-state index contributed by atoms with van der Waals surface area (Å²) in [6, 6.07) is 5.42. The number of allylic oxidation sites excluding steroid dienone is 2. The number of carboxylic acid groups (broad SMARTS) is 1. The summed E-state index contributed by atoms with van der Waals surface area (Å²) >= 11 is 0. The van der Waals surface area contributed by atoms with Gasteiger partial charge >= 0.3 is 5.97 Å². The molecule has 0 saturated heterocycles. The summed E-state index contributed by atoms with van der Waals surface area (Å²) < 4.78 is 10.2. The van der Waals surface area contributed by atoms with E-state index in [9.17, 15) is 4.79 Å². The fourth-order valence-electron chi connectivity index (χ4n) is 1.23. The Labute approximate surface area is 99.8 Å². The lowest BCUT2D eigenvalue weighted by Gasteiger charge is -2.05. The predicted molar refractivity (Wildman–Crippen MR) is 65.4 cm³/mol. The largest absolute Gasteiger partial charge is 0.497 e. The average molecular weight is 234 g/mol. The van der Waals surface area contributed by atoms with Crippen LogP contribution in [0.1, 0.15) is 5.56 Å². The summed E-state index contributed by atoms with van der Waals surface area (Å²) in [7, 11) is 3.15. The highest BCUT2D eigenvalue weighted by Gasteiger charge is 1.98. The van der Waals surface area contributed by atoms with Gasteiger partial charge in [-0.25, -0.2) is 4.79 Å². The average Bonchev–Trinajstić information content (AvgIpc) is 2.34. The van der Waals surface area contributed by atoms with Crippen LogP contribution in [0.3, 0.4) is 0 Å². The molecule has 90 valence electrons. The lowest BCUT2D eigenvalue weighted by molar-refractivity contribution is -0.131. The van der Waals surface area contributed by atoms with E-state index in [2.05, 4.69) is 0 Å².